The Morgan fingerprint density at radius 2 is 2.05 bits per heavy atom. The molecule has 1 aromatic heterocycles. The van der Waals surface area contributed by atoms with E-state index in [1.165, 1.54) is 0 Å². The lowest BCUT2D eigenvalue weighted by molar-refractivity contribution is 0.0696. The van der Waals surface area contributed by atoms with Crippen LogP contribution in [0.2, 0.25) is 0 Å². The Morgan fingerprint density at radius 3 is 2.60 bits per heavy atom. The fraction of sp³-hybridized carbons (Fsp3) is 0.600. The fourth-order valence-electron chi connectivity index (χ4n) is 2.20. The molecule has 20 heavy (non-hydrogen) atoms. The van der Waals surface area contributed by atoms with E-state index >= 15 is 0 Å². The number of hydrogen-bond acceptors (Lipinski definition) is 4. The third kappa shape index (κ3) is 4.49. The van der Waals surface area contributed by atoms with Crippen LogP contribution < -0.4 is 5.32 Å². The second-order valence-electron chi connectivity index (χ2n) is 5.95. The van der Waals surface area contributed by atoms with Gasteiger partial charge in [-0.3, -0.25) is 0 Å². The number of carboxylic acids is 1. The number of nitrogens with zero attached hydrogens (tertiary/aromatic N) is 1. The molecule has 0 atom stereocenters. The molecule has 0 bridgehead atoms. The summed E-state index contributed by atoms with van der Waals surface area (Å²) in [6, 6.07) is 1.77. The summed E-state index contributed by atoms with van der Waals surface area (Å²) in [5.74, 6) is -0.544. The zero-order valence-corrected chi connectivity index (χ0v) is 12.7. The Labute approximate surface area is 120 Å². The molecule has 0 aliphatic carbocycles. The first-order chi connectivity index (χ1) is 9.26. The Morgan fingerprint density at radius 1 is 1.40 bits per heavy atom. The molecule has 0 aliphatic heterocycles. The first-order valence-electron chi connectivity index (χ1n) is 6.83. The molecular formula is C15H24N2O3. The van der Waals surface area contributed by atoms with Crippen LogP contribution in [0.1, 0.15) is 48.3 Å². The van der Waals surface area contributed by atoms with Crippen molar-refractivity contribution >= 4 is 11.8 Å². The number of rotatable bonds is 7. The topological polar surface area (TPSA) is 82.5 Å². The van der Waals surface area contributed by atoms with E-state index in [-0.39, 0.29) is 17.6 Å². The molecule has 1 aromatic rings. The van der Waals surface area contributed by atoms with E-state index in [1.54, 1.807) is 13.0 Å². The normalized spacial score (nSPS) is 11.4. The molecular weight excluding hydrogens is 256 g/mol. The molecule has 5 heteroatoms. The van der Waals surface area contributed by atoms with Gasteiger partial charge in [0.15, 0.2) is 0 Å². The molecule has 0 fully saturated rings. The molecule has 5 nitrogen and oxygen atoms in total. The predicted molar refractivity (Wildman–Crippen MR) is 79.3 cm³/mol. The van der Waals surface area contributed by atoms with Gasteiger partial charge in [-0.25, -0.2) is 9.78 Å². The van der Waals surface area contributed by atoms with Gasteiger partial charge in [0.25, 0.3) is 0 Å². The Balaban J connectivity index is 2.89. The van der Waals surface area contributed by atoms with Crippen LogP contribution in [0.5, 0.6) is 0 Å². The van der Waals surface area contributed by atoms with Gasteiger partial charge in [0.2, 0.25) is 0 Å². The summed E-state index contributed by atoms with van der Waals surface area (Å²) in [5.41, 5.74) is 1.70. The maximum atomic E-state index is 11.3. The number of carbonyl (C=O) groups is 1. The lowest BCUT2D eigenvalue weighted by Gasteiger charge is -2.25. The van der Waals surface area contributed by atoms with Crippen LogP contribution in [-0.2, 0) is 0 Å². The minimum atomic E-state index is -0.967. The number of anilines is 1. The summed E-state index contributed by atoms with van der Waals surface area (Å²) >= 11 is 0. The van der Waals surface area contributed by atoms with Gasteiger partial charge in [-0.05, 0) is 43.7 Å². The van der Waals surface area contributed by atoms with Crippen LogP contribution >= 0.6 is 0 Å². The number of aromatic nitrogens is 1. The smallest absolute Gasteiger partial charge is 0.339 e. The van der Waals surface area contributed by atoms with Gasteiger partial charge in [-0.1, -0.05) is 13.8 Å². The predicted octanol–water partition coefficient (Wildman–Crippen LogP) is 2.61. The second kappa shape index (κ2) is 6.70. The summed E-state index contributed by atoms with van der Waals surface area (Å²) in [6.07, 6.45) is 1.60. The maximum absolute atomic E-state index is 11.3. The van der Waals surface area contributed by atoms with Gasteiger partial charge >= 0.3 is 5.97 Å². The minimum absolute atomic E-state index is 0.0299. The second-order valence-corrected chi connectivity index (χ2v) is 5.95. The van der Waals surface area contributed by atoms with Crippen LogP contribution in [0.3, 0.4) is 0 Å². The highest BCUT2D eigenvalue weighted by Gasteiger charge is 2.20. The summed E-state index contributed by atoms with van der Waals surface area (Å²) < 4.78 is 0. The van der Waals surface area contributed by atoms with E-state index in [9.17, 15) is 9.90 Å². The largest absolute Gasteiger partial charge is 0.478 e. The first-order valence-corrected chi connectivity index (χ1v) is 6.83. The highest BCUT2D eigenvalue weighted by atomic mass is 16.4. The number of aromatic carboxylic acids is 1. The summed E-state index contributed by atoms with van der Waals surface area (Å²) in [5, 5.41) is 21.3. The lowest BCUT2D eigenvalue weighted by atomic mass is 9.88. The van der Waals surface area contributed by atoms with Crippen LogP contribution in [0, 0.1) is 19.3 Å². The van der Waals surface area contributed by atoms with Crippen molar-refractivity contribution in [2.45, 2.75) is 40.5 Å². The van der Waals surface area contributed by atoms with Crippen molar-refractivity contribution in [1.29, 1.82) is 0 Å². The Bertz CT molecular complexity index is 484. The van der Waals surface area contributed by atoms with Crippen molar-refractivity contribution < 1.29 is 15.0 Å². The molecule has 0 aliphatic rings. The van der Waals surface area contributed by atoms with Crippen molar-refractivity contribution in [2.75, 3.05) is 18.5 Å². The van der Waals surface area contributed by atoms with E-state index in [4.69, 9.17) is 5.11 Å². The van der Waals surface area contributed by atoms with Crippen LogP contribution in [-0.4, -0.2) is 34.3 Å². The monoisotopic (exact) mass is 280 g/mol. The molecule has 0 radical (unpaired) electrons. The fourth-order valence-corrected chi connectivity index (χ4v) is 2.20. The van der Waals surface area contributed by atoms with Crippen molar-refractivity contribution in [3.05, 3.63) is 22.9 Å². The third-order valence-corrected chi connectivity index (χ3v) is 3.30. The van der Waals surface area contributed by atoms with Gasteiger partial charge < -0.3 is 15.5 Å². The first kappa shape index (κ1) is 16.4. The van der Waals surface area contributed by atoms with Crippen LogP contribution in [0.4, 0.5) is 5.82 Å². The number of aliphatic hydroxyl groups excluding tert-OH is 1. The molecule has 1 rings (SSSR count). The number of aliphatic hydroxyl groups is 1. The summed E-state index contributed by atoms with van der Waals surface area (Å²) in [4.78, 5) is 15.6. The lowest BCUT2D eigenvalue weighted by Crippen LogP contribution is -2.25. The zero-order valence-electron chi connectivity index (χ0n) is 12.7. The third-order valence-electron chi connectivity index (χ3n) is 3.30. The van der Waals surface area contributed by atoms with Crippen molar-refractivity contribution in [3.63, 3.8) is 0 Å². The number of carboxylic acid groups (broad SMARTS) is 1. The molecule has 0 amide bonds. The molecule has 1 heterocycles. The summed E-state index contributed by atoms with van der Waals surface area (Å²) in [7, 11) is 0. The Hall–Kier alpha value is -1.62. The SMILES string of the molecule is Cc1cc(C)c(C(=O)O)c(NCC(C)(C)CCCO)n1. The average molecular weight is 280 g/mol. The van der Waals surface area contributed by atoms with Crippen LogP contribution in [0.25, 0.3) is 0 Å². The van der Waals surface area contributed by atoms with Crippen molar-refractivity contribution in [1.82, 2.24) is 4.98 Å². The molecule has 0 saturated heterocycles. The summed E-state index contributed by atoms with van der Waals surface area (Å²) in [6.45, 7) is 8.58. The molecule has 0 unspecified atom stereocenters. The van der Waals surface area contributed by atoms with Gasteiger partial charge in [-0.15, -0.1) is 0 Å². The molecule has 0 aromatic carbocycles. The molecule has 112 valence electrons. The highest BCUT2D eigenvalue weighted by Crippen LogP contribution is 2.25. The van der Waals surface area contributed by atoms with Gasteiger partial charge in [-0.2, -0.15) is 0 Å². The Kier molecular flexibility index (Phi) is 5.51. The number of aryl methyl sites for hydroxylation is 2. The molecule has 0 saturated carbocycles. The van der Waals surface area contributed by atoms with Crippen LogP contribution in [0.15, 0.2) is 6.07 Å². The van der Waals surface area contributed by atoms with E-state index < -0.39 is 5.97 Å². The van der Waals surface area contributed by atoms with Gasteiger partial charge in [0.1, 0.15) is 11.4 Å². The quantitative estimate of drug-likeness (QED) is 0.715. The average Bonchev–Trinajstić information content (AvgIpc) is 2.32. The van der Waals surface area contributed by atoms with E-state index in [0.29, 0.717) is 17.9 Å². The van der Waals surface area contributed by atoms with E-state index in [0.717, 1.165) is 18.5 Å². The maximum Gasteiger partial charge on any atom is 0.339 e. The van der Waals surface area contributed by atoms with E-state index in [2.05, 4.69) is 24.1 Å². The number of nitrogens with one attached hydrogen (secondary N) is 1. The van der Waals surface area contributed by atoms with Crippen molar-refractivity contribution in [3.8, 4) is 0 Å². The standard InChI is InChI=1S/C15H24N2O3/c1-10-8-11(2)17-13(12(10)14(19)20)16-9-15(3,4)6-5-7-18/h8,18H,5-7,9H2,1-4H3,(H,16,17)(H,19,20). The zero-order chi connectivity index (χ0) is 15.3. The molecule has 3 N–H and O–H groups in total. The van der Waals surface area contributed by atoms with E-state index in [1.807, 2.05) is 6.92 Å². The number of hydrogen-bond donors (Lipinski definition) is 3. The molecule has 0 spiro atoms. The van der Waals surface area contributed by atoms with Gasteiger partial charge in [0.05, 0.1) is 0 Å². The van der Waals surface area contributed by atoms with Crippen molar-refractivity contribution in [2.24, 2.45) is 5.41 Å². The number of pyridine rings is 1. The van der Waals surface area contributed by atoms with Gasteiger partial charge in [0, 0.05) is 18.8 Å². The highest BCUT2D eigenvalue weighted by molar-refractivity contribution is 5.94. The minimum Gasteiger partial charge on any atom is -0.478 e.